The molecule has 0 atom stereocenters. The first-order valence-electron chi connectivity index (χ1n) is 5.04. The number of nitrogens with zero attached hydrogens (tertiary/aromatic N) is 2. The fraction of sp³-hybridized carbons (Fsp3) is 0.273. The van der Waals surface area contributed by atoms with Crippen molar-refractivity contribution < 1.29 is 0 Å². The molecule has 0 spiro atoms. The van der Waals surface area contributed by atoms with Crippen LogP contribution in [0.15, 0.2) is 22.7 Å². The van der Waals surface area contributed by atoms with Crippen molar-refractivity contribution in [2.24, 2.45) is 0 Å². The standard InChI is InChI=1S/C11H9BrCl2N2S/c12-8-4-3-7(6-9(8)14)11-16-15-10(17-11)2-1-5-13/h3-4,6H,1-2,5H2. The third-order valence-electron chi connectivity index (χ3n) is 2.16. The van der Waals surface area contributed by atoms with Gasteiger partial charge >= 0.3 is 0 Å². The van der Waals surface area contributed by atoms with Crippen LogP contribution in [0.2, 0.25) is 5.02 Å². The van der Waals surface area contributed by atoms with E-state index in [9.17, 15) is 0 Å². The Kier molecular flexibility index (Phi) is 4.79. The predicted molar refractivity (Wildman–Crippen MR) is 77.1 cm³/mol. The van der Waals surface area contributed by atoms with E-state index in [1.165, 1.54) is 0 Å². The molecule has 1 heterocycles. The van der Waals surface area contributed by atoms with Crippen molar-refractivity contribution in [2.45, 2.75) is 12.8 Å². The van der Waals surface area contributed by atoms with Crippen LogP contribution >= 0.6 is 50.5 Å². The van der Waals surface area contributed by atoms with E-state index in [4.69, 9.17) is 23.2 Å². The Hall–Kier alpha value is -0.160. The normalized spacial score (nSPS) is 10.8. The van der Waals surface area contributed by atoms with Crippen LogP contribution in [0, 0.1) is 0 Å². The van der Waals surface area contributed by atoms with E-state index in [1.54, 1.807) is 11.3 Å². The summed E-state index contributed by atoms with van der Waals surface area (Å²) in [5, 5.41) is 10.9. The molecule has 0 unspecified atom stereocenters. The van der Waals surface area contributed by atoms with Gasteiger partial charge in [0.1, 0.15) is 10.0 Å². The fourth-order valence-electron chi connectivity index (χ4n) is 1.32. The van der Waals surface area contributed by atoms with Gasteiger partial charge in [0.15, 0.2) is 0 Å². The van der Waals surface area contributed by atoms with Crippen LogP contribution in [0.5, 0.6) is 0 Å². The van der Waals surface area contributed by atoms with Crippen molar-refractivity contribution in [3.05, 3.63) is 32.7 Å². The van der Waals surface area contributed by atoms with Gasteiger partial charge in [-0.25, -0.2) is 0 Å². The molecule has 1 aromatic heterocycles. The SMILES string of the molecule is ClCCCc1nnc(-c2ccc(Br)c(Cl)c2)s1. The van der Waals surface area contributed by atoms with Crippen molar-refractivity contribution in [2.75, 3.05) is 5.88 Å². The van der Waals surface area contributed by atoms with E-state index < -0.39 is 0 Å². The van der Waals surface area contributed by atoms with Crippen LogP contribution in [0.3, 0.4) is 0 Å². The minimum Gasteiger partial charge on any atom is -0.143 e. The Bertz CT molecular complexity index is 516. The summed E-state index contributed by atoms with van der Waals surface area (Å²) >= 11 is 16.6. The number of aryl methyl sites for hydroxylation is 1. The zero-order chi connectivity index (χ0) is 12.3. The van der Waals surface area contributed by atoms with Gasteiger partial charge < -0.3 is 0 Å². The van der Waals surface area contributed by atoms with Gasteiger partial charge in [0.2, 0.25) is 0 Å². The summed E-state index contributed by atoms with van der Waals surface area (Å²) in [7, 11) is 0. The molecule has 0 N–H and O–H groups in total. The second-order valence-electron chi connectivity index (χ2n) is 3.42. The zero-order valence-electron chi connectivity index (χ0n) is 8.79. The molecule has 0 saturated heterocycles. The van der Waals surface area contributed by atoms with Crippen molar-refractivity contribution in [3.63, 3.8) is 0 Å². The molecule has 90 valence electrons. The lowest BCUT2D eigenvalue weighted by molar-refractivity contribution is 0.884. The van der Waals surface area contributed by atoms with Gasteiger partial charge in [-0.15, -0.1) is 21.8 Å². The molecule has 2 aromatic rings. The van der Waals surface area contributed by atoms with Crippen molar-refractivity contribution in [3.8, 4) is 10.6 Å². The maximum Gasteiger partial charge on any atom is 0.147 e. The van der Waals surface area contributed by atoms with E-state index in [0.29, 0.717) is 10.9 Å². The van der Waals surface area contributed by atoms with Gasteiger partial charge in [-0.3, -0.25) is 0 Å². The van der Waals surface area contributed by atoms with Crippen LogP contribution in [0.25, 0.3) is 10.6 Å². The fourth-order valence-corrected chi connectivity index (χ4v) is 2.76. The largest absolute Gasteiger partial charge is 0.147 e. The number of halogens is 3. The number of hydrogen-bond donors (Lipinski definition) is 0. The molecule has 0 aliphatic heterocycles. The molecule has 2 nitrogen and oxygen atoms in total. The number of hydrogen-bond acceptors (Lipinski definition) is 3. The molecule has 1 aromatic carbocycles. The quantitative estimate of drug-likeness (QED) is 0.740. The van der Waals surface area contributed by atoms with Crippen LogP contribution in [0.4, 0.5) is 0 Å². The molecule has 6 heteroatoms. The minimum absolute atomic E-state index is 0.652. The lowest BCUT2D eigenvalue weighted by Gasteiger charge is -1.98. The molecule has 0 aliphatic rings. The lowest BCUT2D eigenvalue weighted by Crippen LogP contribution is -1.84. The molecule has 0 amide bonds. The summed E-state index contributed by atoms with van der Waals surface area (Å²) in [6, 6.07) is 5.77. The average Bonchev–Trinajstić information content (AvgIpc) is 2.79. The average molecular weight is 352 g/mol. The monoisotopic (exact) mass is 350 g/mol. The third kappa shape index (κ3) is 3.41. The predicted octanol–water partition coefficient (Wildman–Crippen LogP) is 4.79. The molecule has 0 aliphatic carbocycles. The van der Waals surface area contributed by atoms with Crippen LogP contribution in [-0.4, -0.2) is 16.1 Å². The topological polar surface area (TPSA) is 25.8 Å². The number of aromatic nitrogens is 2. The van der Waals surface area contributed by atoms with Crippen molar-refractivity contribution >= 4 is 50.5 Å². The summed E-state index contributed by atoms with van der Waals surface area (Å²) in [6.07, 6.45) is 1.81. The van der Waals surface area contributed by atoms with Gasteiger partial charge in [0.05, 0.1) is 5.02 Å². The molecule has 0 bridgehead atoms. The maximum atomic E-state index is 6.05. The molecule has 0 radical (unpaired) electrons. The number of rotatable bonds is 4. The Balaban J connectivity index is 2.21. The van der Waals surface area contributed by atoms with Crippen LogP contribution < -0.4 is 0 Å². The van der Waals surface area contributed by atoms with E-state index in [1.807, 2.05) is 18.2 Å². The van der Waals surface area contributed by atoms with Gasteiger partial charge in [-0.2, -0.15) is 0 Å². The first-order chi connectivity index (χ1) is 8.20. The summed E-state index contributed by atoms with van der Waals surface area (Å²) in [6.45, 7) is 0. The first-order valence-corrected chi connectivity index (χ1v) is 7.56. The molecule has 2 rings (SSSR count). The maximum absolute atomic E-state index is 6.05. The Morgan fingerprint density at radius 1 is 1.29 bits per heavy atom. The molecule has 0 saturated carbocycles. The zero-order valence-corrected chi connectivity index (χ0v) is 12.7. The van der Waals surface area contributed by atoms with Gasteiger partial charge in [-0.05, 0) is 34.5 Å². The van der Waals surface area contributed by atoms with Gasteiger partial charge in [0.25, 0.3) is 0 Å². The van der Waals surface area contributed by atoms with Crippen LogP contribution in [0.1, 0.15) is 11.4 Å². The minimum atomic E-state index is 0.652. The summed E-state index contributed by atoms with van der Waals surface area (Å²) in [5.41, 5.74) is 0.993. The lowest BCUT2D eigenvalue weighted by atomic mass is 10.2. The summed E-state index contributed by atoms with van der Waals surface area (Å²) in [5.74, 6) is 0.652. The third-order valence-corrected chi connectivity index (χ3v) is 4.69. The first kappa shape index (κ1) is 13.3. The molecular formula is C11H9BrCl2N2S. The highest BCUT2D eigenvalue weighted by Crippen LogP contribution is 2.30. The van der Waals surface area contributed by atoms with E-state index in [2.05, 4.69) is 26.1 Å². The van der Waals surface area contributed by atoms with Crippen molar-refractivity contribution in [1.29, 1.82) is 0 Å². The smallest absolute Gasteiger partial charge is 0.143 e. The van der Waals surface area contributed by atoms with E-state index >= 15 is 0 Å². The van der Waals surface area contributed by atoms with Gasteiger partial charge in [-0.1, -0.05) is 29.0 Å². The summed E-state index contributed by atoms with van der Waals surface area (Å²) in [4.78, 5) is 0. The van der Waals surface area contributed by atoms with E-state index in [-0.39, 0.29) is 0 Å². The highest BCUT2D eigenvalue weighted by atomic mass is 79.9. The number of alkyl halides is 1. The number of benzene rings is 1. The van der Waals surface area contributed by atoms with Crippen molar-refractivity contribution in [1.82, 2.24) is 10.2 Å². The molecule has 0 fully saturated rings. The Morgan fingerprint density at radius 3 is 2.82 bits per heavy atom. The van der Waals surface area contributed by atoms with Gasteiger partial charge in [0, 0.05) is 22.3 Å². The molecule has 17 heavy (non-hydrogen) atoms. The second kappa shape index (κ2) is 6.14. The Morgan fingerprint density at radius 2 is 2.12 bits per heavy atom. The highest BCUT2D eigenvalue weighted by molar-refractivity contribution is 9.10. The second-order valence-corrected chi connectivity index (χ2v) is 6.12. The Labute approximate surface area is 122 Å². The molecular weight excluding hydrogens is 343 g/mol. The van der Waals surface area contributed by atoms with E-state index in [0.717, 1.165) is 32.9 Å². The summed E-state index contributed by atoms with van der Waals surface area (Å²) < 4.78 is 0.884. The highest BCUT2D eigenvalue weighted by Gasteiger charge is 2.08. The van der Waals surface area contributed by atoms with Crippen LogP contribution in [-0.2, 0) is 6.42 Å².